The summed E-state index contributed by atoms with van der Waals surface area (Å²) in [4.78, 5) is 16.6. The Morgan fingerprint density at radius 3 is 3.06 bits per heavy atom. The highest BCUT2D eigenvalue weighted by atomic mass is 32.1. The average molecular weight is 265 g/mol. The Bertz CT molecular complexity index is 561. The minimum absolute atomic E-state index is 0.373. The van der Waals surface area contributed by atoms with E-state index in [9.17, 15) is 9.18 Å². The van der Waals surface area contributed by atoms with Gasteiger partial charge in [-0.25, -0.2) is 9.37 Å². The summed E-state index contributed by atoms with van der Waals surface area (Å²) in [6, 6.07) is 0. The molecule has 0 saturated heterocycles. The Kier molecular flexibility index (Phi) is 2.78. The number of aromatic nitrogens is 1. The van der Waals surface area contributed by atoms with Gasteiger partial charge >= 0.3 is 5.97 Å². The number of aryl methyl sites for hydroxylation is 1. The molecule has 1 N–H and O–H groups in total. The second-order valence-electron chi connectivity index (χ2n) is 4.53. The highest BCUT2D eigenvalue weighted by Gasteiger charge is 2.32. The number of halogens is 1. The number of carbonyl (C=O) groups is 1. The van der Waals surface area contributed by atoms with Gasteiger partial charge in [0.25, 0.3) is 0 Å². The van der Waals surface area contributed by atoms with Crippen molar-refractivity contribution in [1.82, 2.24) is 4.98 Å². The fourth-order valence-electron chi connectivity index (χ4n) is 2.34. The monoisotopic (exact) mass is 265 g/mol. The van der Waals surface area contributed by atoms with Crippen LogP contribution in [0.5, 0.6) is 0 Å². The van der Waals surface area contributed by atoms with Crippen molar-refractivity contribution in [2.75, 3.05) is 0 Å². The predicted molar refractivity (Wildman–Crippen MR) is 67.4 cm³/mol. The van der Waals surface area contributed by atoms with Crippen molar-refractivity contribution in [2.24, 2.45) is 0 Å². The second kappa shape index (κ2) is 4.31. The summed E-state index contributed by atoms with van der Waals surface area (Å²) in [6.07, 6.45) is 5.98. The predicted octanol–water partition coefficient (Wildman–Crippen LogP) is 2.94. The van der Waals surface area contributed by atoms with E-state index < -0.39 is 18.1 Å². The fraction of sp³-hybridized carbons (Fsp3) is 0.385. The summed E-state index contributed by atoms with van der Waals surface area (Å²) in [5.41, 5.74) is 1.62. The molecule has 0 amide bonds. The maximum atomic E-state index is 13.0. The number of fused-ring (bicyclic) bond motifs is 1. The van der Waals surface area contributed by atoms with Crippen molar-refractivity contribution in [1.29, 1.82) is 0 Å². The average Bonchev–Trinajstić information content (AvgIpc) is 2.88. The number of carboxylic acids is 1. The Balaban J connectivity index is 1.91. The second-order valence-corrected chi connectivity index (χ2v) is 5.61. The molecule has 0 radical (unpaired) electrons. The van der Waals surface area contributed by atoms with E-state index in [0.29, 0.717) is 18.5 Å². The summed E-state index contributed by atoms with van der Waals surface area (Å²) in [7, 11) is 0. The summed E-state index contributed by atoms with van der Waals surface area (Å²) in [5, 5.41) is 9.91. The lowest BCUT2D eigenvalue weighted by Gasteiger charge is -2.07. The van der Waals surface area contributed by atoms with Crippen molar-refractivity contribution in [3.05, 3.63) is 33.8 Å². The largest absolute Gasteiger partial charge is 0.481 e. The normalized spacial score (nSPS) is 25.9. The Labute approximate surface area is 108 Å². The third kappa shape index (κ3) is 1.88. The summed E-state index contributed by atoms with van der Waals surface area (Å²) >= 11 is 1.53. The van der Waals surface area contributed by atoms with Crippen LogP contribution in [-0.4, -0.2) is 22.2 Å². The maximum Gasteiger partial charge on any atom is 0.312 e. The lowest BCUT2D eigenvalue weighted by Crippen LogP contribution is -2.08. The van der Waals surface area contributed by atoms with E-state index in [2.05, 4.69) is 4.98 Å². The molecule has 2 unspecified atom stereocenters. The lowest BCUT2D eigenvalue weighted by molar-refractivity contribution is -0.138. The van der Waals surface area contributed by atoms with Gasteiger partial charge in [-0.1, -0.05) is 12.2 Å². The van der Waals surface area contributed by atoms with Crippen LogP contribution in [0, 0.1) is 0 Å². The highest BCUT2D eigenvalue weighted by molar-refractivity contribution is 7.13. The zero-order chi connectivity index (χ0) is 12.7. The van der Waals surface area contributed by atoms with Gasteiger partial charge in [0.05, 0.1) is 5.69 Å². The highest BCUT2D eigenvalue weighted by Crippen LogP contribution is 2.39. The van der Waals surface area contributed by atoms with Crippen LogP contribution in [0.1, 0.15) is 34.3 Å². The number of alkyl halides is 1. The summed E-state index contributed by atoms with van der Waals surface area (Å²) in [6.45, 7) is 0. The topological polar surface area (TPSA) is 50.2 Å². The molecule has 2 atom stereocenters. The van der Waals surface area contributed by atoms with Gasteiger partial charge in [-0.05, 0) is 18.9 Å². The molecule has 0 spiro atoms. The smallest absolute Gasteiger partial charge is 0.312 e. The first kappa shape index (κ1) is 11.6. The molecule has 2 aliphatic rings. The molecule has 1 heterocycles. The van der Waals surface area contributed by atoms with Crippen LogP contribution >= 0.6 is 11.3 Å². The van der Waals surface area contributed by atoms with Crippen LogP contribution in [-0.2, 0) is 11.2 Å². The van der Waals surface area contributed by atoms with Gasteiger partial charge in [0, 0.05) is 16.9 Å². The van der Waals surface area contributed by atoms with Crippen molar-refractivity contribution in [2.45, 2.75) is 31.4 Å². The molecule has 0 aliphatic heterocycles. The molecule has 5 heteroatoms. The molecule has 0 aromatic carbocycles. The molecule has 1 aromatic rings. The standard InChI is InChI=1S/C13H12FNO2S/c14-8-3-1-7(2-4-8)12-15-11-9(13(16)17)5-6-10(11)18-12/h1-3,8-9H,4-6H2,(H,16,17). The van der Waals surface area contributed by atoms with E-state index in [4.69, 9.17) is 5.11 Å². The quantitative estimate of drug-likeness (QED) is 0.894. The number of allylic oxidation sites excluding steroid dienone is 4. The van der Waals surface area contributed by atoms with Gasteiger partial charge in [0.15, 0.2) is 0 Å². The molecule has 0 bridgehead atoms. The number of nitrogens with zero attached hydrogens (tertiary/aromatic N) is 1. The molecule has 3 nitrogen and oxygen atoms in total. The molecule has 2 aliphatic carbocycles. The number of carboxylic acid groups (broad SMARTS) is 1. The first-order valence-corrected chi connectivity index (χ1v) is 6.72. The third-order valence-electron chi connectivity index (χ3n) is 3.31. The minimum atomic E-state index is -0.910. The SMILES string of the molecule is O=C(O)C1CCc2sc(C3=CCC(F)C=C3)nc21. The van der Waals surface area contributed by atoms with Crippen molar-refractivity contribution >= 4 is 22.9 Å². The summed E-state index contributed by atoms with van der Waals surface area (Å²) in [5.74, 6) is -1.27. The van der Waals surface area contributed by atoms with Crippen LogP contribution in [0.4, 0.5) is 4.39 Å². The van der Waals surface area contributed by atoms with Crippen LogP contribution in [0.3, 0.4) is 0 Å². The maximum absolute atomic E-state index is 13.0. The molecular formula is C13H12FNO2S. The van der Waals surface area contributed by atoms with Crippen LogP contribution in [0.25, 0.3) is 5.57 Å². The minimum Gasteiger partial charge on any atom is -0.481 e. The van der Waals surface area contributed by atoms with Gasteiger partial charge in [0.2, 0.25) is 0 Å². The first-order valence-electron chi connectivity index (χ1n) is 5.90. The first-order chi connectivity index (χ1) is 8.65. The van der Waals surface area contributed by atoms with Crippen LogP contribution in [0.2, 0.25) is 0 Å². The molecular weight excluding hydrogens is 253 g/mol. The number of rotatable bonds is 2. The third-order valence-corrected chi connectivity index (χ3v) is 4.49. The molecule has 18 heavy (non-hydrogen) atoms. The number of hydrogen-bond donors (Lipinski definition) is 1. The van der Waals surface area contributed by atoms with Gasteiger partial charge in [0.1, 0.15) is 17.1 Å². The Hall–Kier alpha value is -1.49. The van der Waals surface area contributed by atoms with Crippen LogP contribution in [0.15, 0.2) is 18.2 Å². The van der Waals surface area contributed by atoms with E-state index in [1.165, 1.54) is 17.4 Å². The Morgan fingerprint density at radius 2 is 2.39 bits per heavy atom. The zero-order valence-corrected chi connectivity index (χ0v) is 10.4. The van der Waals surface area contributed by atoms with Crippen molar-refractivity contribution in [3.63, 3.8) is 0 Å². The lowest BCUT2D eigenvalue weighted by atomic mass is 10.1. The summed E-state index contributed by atoms with van der Waals surface area (Å²) < 4.78 is 13.0. The van der Waals surface area contributed by atoms with Crippen molar-refractivity contribution in [3.8, 4) is 0 Å². The van der Waals surface area contributed by atoms with E-state index >= 15 is 0 Å². The van der Waals surface area contributed by atoms with Crippen LogP contribution < -0.4 is 0 Å². The van der Waals surface area contributed by atoms with Gasteiger partial charge in [-0.2, -0.15) is 0 Å². The number of hydrogen-bond acceptors (Lipinski definition) is 3. The van der Waals surface area contributed by atoms with Crippen molar-refractivity contribution < 1.29 is 14.3 Å². The van der Waals surface area contributed by atoms with Gasteiger partial charge in [-0.15, -0.1) is 11.3 Å². The molecule has 0 fully saturated rings. The number of aliphatic carboxylic acids is 1. The Morgan fingerprint density at radius 1 is 1.56 bits per heavy atom. The molecule has 3 rings (SSSR count). The van der Waals surface area contributed by atoms with E-state index in [1.54, 1.807) is 6.08 Å². The molecule has 1 aromatic heterocycles. The fourth-order valence-corrected chi connectivity index (χ4v) is 3.50. The van der Waals surface area contributed by atoms with Gasteiger partial charge < -0.3 is 5.11 Å². The van der Waals surface area contributed by atoms with E-state index in [1.807, 2.05) is 6.08 Å². The molecule has 0 saturated carbocycles. The van der Waals surface area contributed by atoms with E-state index in [-0.39, 0.29) is 0 Å². The number of thiazole rings is 1. The molecule has 94 valence electrons. The zero-order valence-electron chi connectivity index (χ0n) is 9.60. The van der Waals surface area contributed by atoms with E-state index in [0.717, 1.165) is 21.9 Å². The van der Waals surface area contributed by atoms with Gasteiger partial charge in [-0.3, -0.25) is 4.79 Å².